The Morgan fingerprint density at radius 2 is 1.59 bits per heavy atom. The Morgan fingerprint density at radius 3 is 2.26 bits per heavy atom. The molecule has 1 saturated carbocycles. The number of nitrogens with one attached hydrogen (secondary N) is 1. The predicted molar refractivity (Wildman–Crippen MR) is 116 cm³/mol. The summed E-state index contributed by atoms with van der Waals surface area (Å²) in [7, 11) is 0. The fourth-order valence-corrected chi connectivity index (χ4v) is 4.75. The Labute approximate surface area is 171 Å². The van der Waals surface area contributed by atoms with Gasteiger partial charge in [0.1, 0.15) is 0 Å². The highest BCUT2D eigenvalue weighted by Crippen LogP contribution is 2.36. The Morgan fingerprint density at radius 1 is 0.963 bits per heavy atom. The summed E-state index contributed by atoms with van der Waals surface area (Å²) < 4.78 is 0. The first-order chi connectivity index (χ1) is 12.8. The first kappa shape index (κ1) is 22.2. The molecule has 1 saturated heterocycles. The van der Waals surface area contributed by atoms with E-state index in [1.54, 1.807) is 0 Å². The van der Waals surface area contributed by atoms with Crippen LogP contribution in [-0.2, 0) is 4.79 Å². The molecule has 27 heavy (non-hydrogen) atoms. The van der Waals surface area contributed by atoms with Crippen molar-refractivity contribution in [2.75, 3.05) is 26.2 Å². The van der Waals surface area contributed by atoms with Crippen LogP contribution in [0.5, 0.6) is 0 Å². The second kappa shape index (κ2) is 12.4. The van der Waals surface area contributed by atoms with Crippen molar-refractivity contribution >= 4 is 18.3 Å². The van der Waals surface area contributed by atoms with Gasteiger partial charge in [-0.15, -0.1) is 12.4 Å². The van der Waals surface area contributed by atoms with Crippen LogP contribution < -0.4 is 5.32 Å². The van der Waals surface area contributed by atoms with Crippen LogP contribution in [0, 0.1) is 5.92 Å². The van der Waals surface area contributed by atoms with Crippen LogP contribution in [-0.4, -0.2) is 37.0 Å². The second-order valence-electron chi connectivity index (χ2n) is 8.19. The Balaban J connectivity index is 0.00000261. The van der Waals surface area contributed by atoms with Gasteiger partial charge < -0.3 is 10.2 Å². The highest BCUT2D eigenvalue weighted by atomic mass is 35.5. The minimum absolute atomic E-state index is 0. The van der Waals surface area contributed by atoms with Crippen molar-refractivity contribution in [3.05, 3.63) is 35.9 Å². The molecule has 4 heteroatoms. The Bertz CT molecular complexity index is 522. The first-order valence-corrected chi connectivity index (χ1v) is 10.9. The summed E-state index contributed by atoms with van der Waals surface area (Å²) in [6.07, 6.45) is 12.8. The van der Waals surface area contributed by atoms with E-state index in [9.17, 15) is 4.79 Å². The van der Waals surface area contributed by atoms with E-state index >= 15 is 0 Å². The number of hydrogen-bond donors (Lipinski definition) is 1. The molecule has 1 N–H and O–H groups in total. The van der Waals surface area contributed by atoms with E-state index in [0.29, 0.717) is 5.92 Å². The molecule has 3 nitrogen and oxygen atoms in total. The van der Waals surface area contributed by atoms with Crippen LogP contribution >= 0.6 is 12.4 Å². The molecule has 0 spiro atoms. The molecule has 1 aromatic rings. The van der Waals surface area contributed by atoms with Crippen molar-refractivity contribution in [2.24, 2.45) is 5.92 Å². The average molecular weight is 393 g/mol. The molecular weight excluding hydrogens is 356 g/mol. The van der Waals surface area contributed by atoms with Gasteiger partial charge in [0, 0.05) is 6.54 Å². The summed E-state index contributed by atoms with van der Waals surface area (Å²) in [5.41, 5.74) is 1.20. The fourth-order valence-electron chi connectivity index (χ4n) is 4.75. The molecular formula is C23H37ClN2O. The van der Waals surface area contributed by atoms with Crippen LogP contribution in [0.1, 0.15) is 75.7 Å². The van der Waals surface area contributed by atoms with E-state index < -0.39 is 0 Å². The molecule has 3 rings (SSSR count). The molecule has 2 aliphatic rings. The summed E-state index contributed by atoms with van der Waals surface area (Å²) in [4.78, 5) is 15.6. The standard InChI is InChI=1S/C23H36N2O.ClH/c26-23(24-16-11-19-25-17-9-1-2-10-18-25)22(20-12-5-3-6-13-20)21-14-7-4-8-15-21;/h3,5-6,12-13,21-22H,1-2,4,7-11,14-19H2,(H,24,26);1H. The van der Waals surface area contributed by atoms with E-state index in [0.717, 1.165) is 19.5 Å². The predicted octanol–water partition coefficient (Wildman–Crippen LogP) is 5.15. The van der Waals surface area contributed by atoms with E-state index in [4.69, 9.17) is 0 Å². The molecule has 0 aromatic heterocycles. The van der Waals surface area contributed by atoms with Gasteiger partial charge in [0.2, 0.25) is 5.91 Å². The Kier molecular flexibility index (Phi) is 10.2. The molecule has 152 valence electrons. The van der Waals surface area contributed by atoms with Crippen LogP contribution in [0.25, 0.3) is 0 Å². The van der Waals surface area contributed by atoms with Crippen LogP contribution in [0.4, 0.5) is 0 Å². The van der Waals surface area contributed by atoms with E-state index in [2.05, 4.69) is 34.5 Å². The van der Waals surface area contributed by atoms with E-state index in [1.807, 2.05) is 6.07 Å². The maximum atomic E-state index is 13.0. The zero-order valence-corrected chi connectivity index (χ0v) is 17.5. The zero-order valence-electron chi connectivity index (χ0n) is 16.7. The topological polar surface area (TPSA) is 32.3 Å². The molecule has 2 fully saturated rings. The number of amides is 1. The summed E-state index contributed by atoms with van der Waals surface area (Å²) in [5.74, 6) is 0.797. The number of benzene rings is 1. The third-order valence-electron chi connectivity index (χ3n) is 6.21. The highest BCUT2D eigenvalue weighted by molar-refractivity contribution is 5.85. The van der Waals surface area contributed by atoms with Gasteiger partial charge in [0.05, 0.1) is 5.92 Å². The molecule has 0 bridgehead atoms. The fraction of sp³-hybridized carbons (Fsp3) is 0.696. The molecule has 1 aliphatic carbocycles. The number of nitrogens with zero attached hydrogens (tertiary/aromatic N) is 1. The van der Waals surface area contributed by atoms with E-state index in [1.165, 1.54) is 76.4 Å². The summed E-state index contributed by atoms with van der Waals surface area (Å²) >= 11 is 0. The summed E-state index contributed by atoms with van der Waals surface area (Å²) in [6, 6.07) is 10.4. The minimum atomic E-state index is 0. The number of rotatable bonds is 7. The summed E-state index contributed by atoms with van der Waals surface area (Å²) in [6.45, 7) is 4.41. The van der Waals surface area contributed by atoms with Crippen molar-refractivity contribution in [1.82, 2.24) is 10.2 Å². The monoisotopic (exact) mass is 392 g/mol. The van der Waals surface area contributed by atoms with Crippen LogP contribution in [0.2, 0.25) is 0 Å². The van der Waals surface area contributed by atoms with Gasteiger partial charge in [-0.3, -0.25) is 4.79 Å². The van der Waals surface area contributed by atoms with Gasteiger partial charge in [-0.1, -0.05) is 62.4 Å². The zero-order chi connectivity index (χ0) is 18.0. The second-order valence-corrected chi connectivity index (χ2v) is 8.19. The van der Waals surface area contributed by atoms with Gasteiger partial charge in [-0.05, 0) is 63.2 Å². The minimum Gasteiger partial charge on any atom is -0.356 e. The normalized spacial score (nSPS) is 20.3. The molecule has 1 unspecified atom stereocenters. The molecule has 1 atom stereocenters. The van der Waals surface area contributed by atoms with Crippen molar-refractivity contribution in [3.8, 4) is 0 Å². The number of halogens is 1. The molecule has 1 aromatic carbocycles. The third-order valence-corrected chi connectivity index (χ3v) is 6.21. The largest absolute Gasteiger partial charge is 0.356 e. The lowest BCUT2D eigenvalue weighted by molar-refractivity contribution is -0.124. The maximum Gasteiger partial charge on any atom is 0.227 e. The first-order valence-electron chi connectivity index (χ1n) is 10.9. The SMILES string of the molecule is Cl.O=C(NCCCN1CCCCCC1)C(c1ccccc1)C1CCCCC1. The van der Waals surface area contributed by atoms with Gasteiger partial charge in [-0.2, -0.15) is 0 Å². The molecule has 1 amide bonds. The highest BCUT2D eigenvalue weighted by Gasteiger charge is 2.30. The quantitative estimate of drug-likeness (QED) is 0.650. The van der Waals surface area contributed by atoms with Crippen molar-refractivity contribution in [2.45, 2.75) is 70.1 Å². The van der Waals surface area contributed by atoms with Gasteiger partial charge in [0.15, 0.2) is 0 Å². The number of carbonyl (C=O) groups is 1. The van der Waals surface area contributed by atoms with E-state index in [-0.39, 0.29) is 24.2 Å². The summed E-state index contributed by atoms with van der Waals surface area (Å²) in [5, 5.41) is 3.27. The maximum absolute atomic E-state index is 13.0. The Hall–Kier alpha value is -1.06. The third kappa shape index (κ3) is 7.12. The van der Waals surface area contributed by atoms with Crippen LogP contribution in [0.15, 0.2) is 30.3 Å². The number of hydrogen-bond acceptors (Lipinski definition) is 2. The van der Waals surface area contributed by atoms with Gasteiger partial charge in [-0.25, -0.2) is 0 Å². The lowest BCUT2D eigenvalue weighted by Gasteiger charge is -2.30. The number of likely N-dealkylation sites (tertiary alicyclic amines) is 1. The van der Waals surface area contributed by atoms with Gasteiger partial charge >= 0.3 is 0 Å². The van der Waals surface area contributed by atoms with Crippen molar-refractivity contribution in [3.63, 3.8) is 0 Å². The van der Waals surface area contributed by atoms with Crippen LogP contribution in [0.3, 0.4) is 0 Å². The van der Waals surface area contributed by atoms with Gasteiger partial charge in [0.25, 0.3) is 0 Å². The smallest absolute Gasteiger partial charge is 0.227 e. The van der Waals surface area contributed by atoms with Crippen molar-refractivity contribution < 1.29 is 4.79 Å². The molecule has 1 heterocycles. The van der Waals surface area contributed by atoms with Crippen molar-refractivity contribution in [1.29, 1.82) is 0 Å². The molecule has 1 aliphatic heterocycles. The lowest BCUT2D eigenvalue weighted by atomic mass is 9.76. The lowest BCUT2D eigenvalue weighted by Crippen LogP contribution is -2.36. The average Bonchev–Trinajstić information content (AvgIpc) is 2.96. The number of carbonyl (C=O) groups excluding carboxylic acids is 1. The molecule has 0 radical (unpaired) electrons.